The first kappa shape index (κ1) is 16.3. The van der Waals surface area contributed by atoms with Crippen molar-refractivity contribution in [3.63, 3.8) is 0 Å². The van der Waals surface area contributed by atoms with Crippen LogP contribution in [0.15, 0.2) is 17.0 Å². The molecule has 1 atom stereocenters. The first-order chi connectivity index (χ1) is 11.3. The SMILES string of the molecule is C[C@@H]1COCCN1c1cc(C2(S(C)(=O)=O)CC2)n2cnc(Br)c2n1. The van der Waals surface area contributed by atoms with Gasteiger partial charge in [-0.25, -0.2) is 18.4 Å². The number of nitrogens with zero attached hydrogens (tertiary/aromatic N) is 4. The highest BCUT2D eigenvalue weighted by Gasteiger charge is 2.55. The monoisotopic (exact) mass is 414 g/mol. The standard InChI is InChI=1S/C15H19BrN4O3S/c1-10-8-23-6-5-19(10)12-7-11(15(3-4-15)24(2,21)22)20-9-17-13(16)14(20)18-12/h7,9-10H,3-6,8H2,1-2H3/t10-/m1/s1. The maximum atomic E-state index is 12.4. The number of aromatic nitrogens is 3. The van der Waals surface area contributed by atoms with Crippen LogP contribution in [0.1, 0.15) is 25.5 Å². The Hall–Kier alpha value is -1.19. The smallest absolute Gasteiger partial charge is 0.173 e. The number of imidazole rings is 1. The number of morpholine rings is 1. The Bertz CT molecular complexity index is 907. The number of anilines is 1. The van der Waals surface area contributed by atoms with Gasteiger partial charge in [-0.05, 0) is 35.7 Å². The third-order valence-electron chi connectivity index (χ3n) is 4.99. The molecule has 2 aliphatic rings. The van der Waals surface area contributed by atoms with Gasteiger partial charge in [-0.1, -0.05) is 0 Å². The van der Waals surface area contributed by atoms with Gasteiger partial charge in [-0.2, -0.15) is 0 Å². The summed E-state index contributed by atoms with van der Waals surface area (Å²) in [5.41, 5.74) is 1.40. The molecule has 3 heterocycles. The summed E-state index contributed by atoms with van der Waals surface area (Å²) in [6, 6.07) is 2.11. The van der Waals surface area contributed by atoms with E-state index in [1.165, 1.54) is 6.26 Å². The minimum atomic E-state index is -3.22. The zero-order chi connectivity index (χ0) is 17.1. The van der Waals surface area contributed by atoms with E-state index in [1.807, 2.05) is 6.07 Å². The molecule has 1 aliphatic carbocycles. The van der Waals surface area contributed by atoms with Crippen LogP contribution in [0.4, 0.5) is 5.82 Å². The van der Waals surface area contributed by atoms with Gasteiger partial charge in [0.2, 0.25) is 0 Å². The van der Waals surface area contributed by atoms with Crippen molar-refractivity contribution in [2.45, 2.75) is 30.6 Å². The Kier molecular flexibility index (Phi) is 3.67. The average Bonchev–Trinajstić information content (AvgIpc) is 3.27. The van der Waals surface area contributed by atoms with Gasteiger partial charge in [-0.15, -0.1) is 0 Å². The average molecular weight is 415 g/mol. The van der Waals surface area contributed by atoms with Gasteiger partial charge in [0.25, 0.3) is 0 Å². The molecule has 4 rings (SSSR count). The predicted molar refractivity (Wildman–Crippen MR) is 94.1 cm³/mol. The third-order valence-corrected chi connectivity index (χ3v) is 7.58. The van der Waals surface area contributed by atoms with E-state index in [9.17, 15) is 8.42 Å². The molecule has 0 bridgehead atoms. The molecule has 0 N–H and O–H groups in total. The Balaban J connectivity index is 1.93. The molecule has 7 nitrogen and oxygen atoms in total. The summed E-state index contributed by atoms with van der Waals surface area (Å²) in [4.78, 5) is 11.2. The lowest BCUT2D eigenvalue weighted by atomic mass is 10.2. The molecule has 1 saturated carbocycles. The number of hydrogen-bond donors (Lipinski definition) is 0. The lowest BCUT2D eigenvalue weighted by molar-refractivity contribution is 0.0985. The molecule has 130 valence electrons. The first-order valence-electron chi connectivity index (χ1n) is 7.91. The van der Waals surface area contributed by atoms with Crippen LogP contribution in [-0.2, 0) is 19.3 Å². The van der Waals surface area contributed by atoms with Crippen molar-refractivity contribution in [2.24, 2.45) is 0 Å². The lowest BCUT2D eigenvalue weighted by Gasteiger charge is -2.34. The fourth-order valence-electron chi connectivity index (χ4n) is 3.43. The van der Waals surface area contributed by atoms with Crippen LogP contribution >= 0.6 is 15.9 Å². The largest absolute Gasteiger partial charge is 0.377 e. The highest BCUT2D eigenvalue weighted by molar-refractivity contribution is 9.10. The quantitative estimate of drug-likeness (QED) is 0.761. The van der Waals surface area contributed by atoms with E-state index in [1.54, 1.807) is 10.7 Å². The van der Waals surface area contributed by atoms with Crippen LogP contribution in [0.5, 0.6) is 0 Å². The van der Waals surface area contributed by atoms with Crippen LogP contribution in [0.3, 0.4) is 0 Å². The summed E-state index contributed by atoms with van der Waals surface area (Å²) in [7, 11) is -3.22. The minimum absolute atomic E-state index is 0.191. The van der Waals surface area contributed by atoms with E-state index in [0.717, 1.165) is 18.1 Å². The number of fused-ring (bicyclic) bond motifs is 1. The molecule has 0 aromatic carbocycles. The number of hydrogen-bond acceptors (Lipinski definition) is 6. The fourth-order valence-corrected chi connectivity index (χ4v) is 5.18. The summed E-state index contributed by atoms with van der Waals surface area (Å²) in [5, 5.41) is 0. The second kappa shape index (κ2) is 5.40. The maximum Gasteiger partial charge on any atom is 0.173 e. The summed E-state index contributed by atoms with van der Waals surface area (Å²) in [6.45, 7) is 4.10. The van der Waals surface area contributed by atoms with E-state index >= 15 is 0 Å². The number of rotatable bonds is 3. The van der Waals surface area contributed by atoms with Crippen molar-refractivity contribution < 1.29 is 13.2 Å². The molecule has 24 heavy (non-hydrogen) atoms. The van der Waals surface area contributed by atoms with Gasteiger partial charge < -0.3 is 9.64 Å². The molecular formula is C15H19BrN4O3S. The van der Waals surface area contributed by atoms with Gasteiger partial charge in [0.1, 0.15) is 16.9 Å². The predicted octanol–water partition coefficient (Wildman–Crippen LogP) is 1.75. The Morgan fingerprint density at radius 1 is 1.42 bits per heavy atom. The van der Waals surface area contributed by atoms with Crippen LogP contribution in [0.2, 0.25) is 0 Å². The van der Waals surface area contributed by atoms with Crippen LogP contribution < -0.4 is 4.90 Å². The molecule has 0 amide bonds. The third kappa shape index (κ3) is 2.36. The number of sulfone groups is 1. The van der Waals surface area contributed by atoms with Crippen LogP contribution in [-0.4, -0.2) is 54.8 Å². The van der Waals surface area contributed by atoms with E-state index < -0.39 is 14.6 Å². The van der Waals surface area contributed by atoms with Gasteiger partial charge in [0.15, 0.2) is 20.1 Å². The normalized spacial score (nSPS) is 23.6. The zero-order valence-corrected chi connectivity index (χ0v) is 16.0. The molecule has 1 saturated heterocycles. The van der Waals surface area contributed by atoms with Crippen LogP contribution in [0, 0.1) is 0 Å². The van der Waals surface area contributed by atoms with Crippen molar-refractivity contribution in [3.8, 4) is 0 Å². The molecule has 0 spiro atoms. The maximum absolute atomic E-state index is 12.4. The highest BCUT2D eigenvalue weighted by atomic mass is 79.9. The van der Waals surface area contributed by atoms with Crippen molar-refractivity contribution in [1.82, 2.24) is 14.4 Å². The second-order valence-corrected chi connectivity index (χ2v) is 9.69. The van der Waals surface area contributed by atoms with Crippen molar-refractivity contribution >= 4 is 37.2 Å². The van der Waals surface area contributed by atoms with E-state index in [0.29, 0.717) is 36.3 Å². The second-order valence-electron chi connectivity index (χ2n) is 6.61. The molecular weight excluding hydrogens is 396 g/mol. The highest BCUT2D eigenvalue weighted by Crippen LogP contribution is 2.53. The van der Waals surface area contributed by atoms with Gasteiger partial charge in [0, 0.05) is 18.9 Å². The molecule has 0 unspecified atom stereocenters. The molecule has 0 radical (unpaired) electrons. The Morgan fingerprint density at radius 3 is 2.79 bits per heavy atom. The number of halogens is 1. The summed E-state index contributed by atoms with van der Waals surface area (Å²) in [5.74, 6) is 0.782. The van der Waals surface area contributed by atoms with Crippen LogP contribution in [0.25, 0.3) is 5.65 Å². The van der Waals surface area contributed by atoms with Crippen molar-refractivity contribution in [1.29, 1.82) is 0 Å². The molecule has 9 heteroatoms. The van der Waals surface area contributed by atoms with E-state index in [4.69, 9.17) is 9.72 Å². The summed E-state index contributed by atoms with van der Waals surface area (Å²) >= 11 is 3.42. The van der Waals surface area contributed by atoms with Gasteiger partial charge >= 0.3 is 0 Å². The molecule has 2 aromatic heterocycles. The van der Waals surface area contributed by atoms with E-state index in [2.05, 4.69) is 32.7 Å². The molecule has 2 aromatic rings. The first-order valence-corrected chi connectivity index (χ1v) is 10.6. The topological polar surface area (TPSA) is 76.8 Å². The lowest BCUT2D eigenvalue weighted by Crippen LogP contribution is -2.44. The zero-order valence-electron chi connectivity index (χ0n) is 13.6. The minimum Gasteiger partial charge on any atom is -0.377 e. The van der Waals surface area contributed by atoms with Crippen molar-refractivity contribution in [2.75, 3.05) is 30.9 Å². The Labute approximate surface area is 149 Å². The summed E-state index contributed by atoms with van der Waals surface area (Å²) in [6.07, 6.45) is 4.23. The number of ether oxygens (including phenoxy) is 1. The van der Waals surface area contributed by atoms with E-state index in [-0.39, 0.29) is 6.04 Å². The van der Waals surface area contributed by atoms with Crippen molar-refractivity contribution in [3.05, 3.63) is 22.7 Å². The van der Waals surface area contributed by atoms with Gasteiger partial charge in [-0.3, -0.25) is 4.40 Å². The molecule has 1 aliphatic heterocycles. The Morgan fingerprint density at radius 2 is 2.17 bits per heavy atom. The van der Waals surface area contributed by atoms with Gasteiger partial charge in [0.05, 0.1) is 24.9 Å². The molecule has 2 fully saturated rings. The summed E-state index contributed by atoms with van der Waals surface area (Å²) < 4.78 is 31.9. The fraction of sp³-hybridized carbons (Fsp3) is 0.600.